The topological polar surface area (TPSA) is 62.4 Å². The second-order valence-corrected chi connectivity index (χ2v) is 6.26. The van der Waals surface area contributed by atoms with Gasteiger partial charge in [0.1, 0.15) is 5.56 Å². The van der Waals surface area contributed by atoms with E-state index in [0.29, 0.717) is 13.1 Å². The summed E-state index contributed by atoms with van der Waals surface area (Å²) >= 11 is 0. The molecule has 5 nitrogen and oxygen atoms in total. The fourth-order valence-corrected chi connectivity index (χ4v) is 3.39. The molecule has 2 aliphatic rings. The number of ether oxygens (including phenoxy) is 1. The fourth-order valence-electron chi connectivity index (χ4n) is 3.39. The smallest absolute Gasteiger partial charge is 0.261 e. The summed E-state index contributed by atoms with van der Waals surface area (Å²) in [4.78, 5) is 29.5. The molecule has 120 valence electrons. The molecule has 0 bridgehead atoms. The van der Waals surface area contributed by atoms with E-state index in [4.69, 9.17) is 4.74 Å². The number of carbonyl (C=O) groups is 1. The van der Waals surface area contributed by atoms with Crippen molar-refractivity contribution in [2.45, 2.75) is 51.6 Å². The fraction of sp³-hybridized carbons (Fsp3) is 0.647. The Morgan fingerprint density at radius 3 is 3.09 bits per heavy atom. The number of nitrogens with zero attached hydrogens (tertiary/aromatic N) is 1. The molecule has 1 aliphatic heterocycles. The first kappa shape index (κ1) is 15.3. The van der Waals surface area contributed by atoms with Gasteiger partial charge < -0.3 is 14.6 Å². The van der Waals surface area contributed by atoms with Crippen LogP contribution >= 0.6 is 0 Å². The van der Waals surface area contributed by atoms with Crippen LogP contribution in [0.5, 0.6) is 0 Å². The summed E-state index contributed by atoms with van der Waals surface area (Å²) < 4.78 is 5.77. The third-order valence-electron chi connectivity index (χ3n) is 4.54. The van der Waals surface area contributed by atoms with Crippen LogP contribution in [0.3, 0.4) is 0 Å². The summed E-state index contributed by atoms with van der Waals surface area (Å²) in [5, 5.41) is 0. The molecule has 2 heterocycles. The van der Waals surface area contributed by atoms with E-state index in [-0.39, 0.29) is 23.1 Å². The van der Waals surface area contributed by atoms with E-state index in [1.54, 1.807) is 11.0 Å². The number of hydrogen-bond donors (Lipinski definition) is 1. The van der Waals surface area contributed by atoms with Gasteiger partial charge in [-0.25, -0.2) is 0 Å². The molecule has 1 aromatic heterocycles. The number of fused-ring (bicyclic) bond motifs is 1. The van der Waals surface area contributed by atoms with Crippen molar-refractivity contribution < 1.29 is 9.53 Å². The van der Waals surface area contributed by atoms with Crippen molar-refractivity contribution in [3.63, 3.8) is 0 Å². The number of aromatic amines is 1. The van der Waals surface area contributed by atoms with Crippen LogP contribution in [-0.4, -0.2) is 41.6 Å². The Labute approximate surface area is 130 Å². The zero-order valence-corrected chi connectivity index (χ0v) is 13.2. The Bertz CT molecular complexity index is 608. The van der Waals surface area contributed by atoms with Gasteiger partial charge in [-0.05, 0) is 50.2 Å². The largest absolute Gasteiger partial charge is 0.376 e. The Hall–Kier alpha value is -1.62. The molecule has 0 spiro atoms. The minimum atomic E-state index is -0.248. The van der Waals surface area contributed by atoms with E-state index in [1.807, 2.05) is 0 Å². The minimum Gasteiger partial charge on any atom is -0.376 e. The Kier molecular flexibility index (Phi) is 4.62. The maximum atomic E-state index is 12.7. The highest BCUT2D eigenvalue weighted by molar-refractivity contribution is 5.94. The summed E-state index contributed by atoms with van der Waals surface area (Å²) in [5.74, 6) is -0.152. The molecule has 1 unspecified atom stereocenters. The predicted octanol–water partition coefficient (Wildman–Crippen LogP) is 1.89. The zero-order chi connectivity index (χ0) is 15.5. The number of aryl methyl sites for hydroxylation is 2. The second kappa shape index (κ2) is 6.65. The van der Waals surface area contributed by atoms with Gasteiger partial charge in [0.25, 0.3) is 11.5 Å². The molecule has 1 saturated heterocycles. The lowest BCUT2D eigenvalue weighted by atomic mass is 10.1. The number of likely N-dealkylation sites (tertiary alicyclic amines) is 1. The van der Waals surface area contributed by atoms with Crippen molar-refractivity contribution in [3.05, 3.63) is 33.2 Å². The Balaban J connectivity index is 1.75. The summed E-state index contributed by atoms with van der Waals surface area (Å²) in [6.07, 6.45) is 5.93. The molecule has 0 aromatic carbocycles. The van der Waals surface area contributed by atoms with Crippen LogP contribution in [0.15, 0.2) is 10.9 Å². The summed E-state index contributed by atoms with van der Waals surface area (Å²) in [6, 6.07) is 1.81. The molecule has 5 heteroatoms. The van der Waals surface area contributed by atoms with Crippen molar-refractivity contribution in [2.24, 2.45) is 0 Å². The molecular weight excluding hydrogens is 280 g/mol. The average Bonchev–Trinajstić information content (AvgIpc) is 2.99. The third-order valence-corrected chi connectivity index (χ3v) is 4.54. The summed E-state index contributed by atoms with van der Waals surface area (Å²) in [7, 11) is 0. The first-order valence-electron chi connectivity index (χ1n) is 8.35. The van der Waals surface area contributed by atoms with E-state index in [9.17, 15) is 9.59 Å². The van der Waals surface area contributed by atoms with Crippen molar-refractivity contribution in [1.82, 2.24) is 9.88 Å². The van der Waals surface area contributed by atoms with Gasteiger partial charge in [-0.3, -0.25) is 9.59 Å². The number of aromatic nitrogens is 1. The third kappa shape index (κ3) is 3.09. The van der Waals surface area contributed by atoms with Gasteiger partial charge >= 0.3 is 0 Å². The van der Waals surface area contributed by atoms with Gasteiger partial charge in [-0.15, -0.1) is 0 Å². The lowest BCUT2D eigenvalue weighted by Gasteiger charge is -2.32. The second-order valence-electron chi connectivity index (χ2n) is 6.26. The van der Waals surface area contributed by atoms with Crippen LogP contribution in [0, 0.1) is 0 Å². The Morgan fingerprint density at radius 2 is 2.27 bits per heavy atom. The summed E-state index contributed by atoms with van der Waals surface area (Å²) in [5.41, 5.74) is 2.17. The quantitative estimate of drug-likeness (QED) is 0.924. The summed E-state index contributed by atoms with van der Waals surface area (Å²) in [6.45, 7) is 4.11. The highest BCUT2D eigenvalue weighted by Gasteiger charge is 2.27. The van der Waals surface area contributed by atoms with Crippen LogP contribution < -0.4 is 5.56 Å². The average molecular weight is 304 g/mol. The number of carbonyl (C=O) groups excluding carboxylic acids is 1. The van der Waals surface area contributed by atoms with Crippen LogP contribution in [0.1, 0.15) is 54.2 Å². The number of nitrogens with one attached hydrogen (secondary N) is 1. The molecule has 1 N–H and O–H groups in total. The molecule has 1 aliphatic carbocycles. The van der Waals surface area contributed by atoms with E-state index >= 15 is 0 Å². The van der Waals surface area contributed by atoms with Crippen LogP contribution in [-0.2, 0) is 17.6 Å². The number of piperidine rings is 1. The Morgan fingerprint density at radius 1 is 1.41 bits per heavy atom. The first-order valence-corrected chi connectivity index (χ1v) is 8.35. The van der Waals surface area contributed by atoms with E-state index in [1.165, 1.54) is 0 Å². The van der Waals surface area contributed by atoms with E-state index in [2.05, 4.69) is 11.9 Å². The number of pyridine rings is 1. The van der Waals surface area contributed by atoms with Crippen LogP contribution in [0.2, 0.25) is 0 Å². The van der Waals surface area contributed by atoms with Crippen molar-refractivity contribution in [3.8, 4) is 0 Å². The predicted molar refractivity (Wildman–Crippen MR) is 84.3 cm³/mol. The number of rotatable bonds is 4. The van der Waals surface area contributed by atoms with Gasteiger partial charge in [0.15, 0.2) is 0 Å². The molecule has 3 rings (SSSR count). The van der Waals surface area contributed by atoms with Crippen molar-refractivity contribution in [2.75, 3.05) is 19.7 Å². The maximum absolute atomic E-state index is 12.7. The lowest BCUT2D eigenvalue weighted by molar-refractivity contribution is 0.00205. The van der Waals surface area contributed by atoms with Crippen molar-refractivity contribution >= 4 is 5.91 Å². The molecule has 0 saturated carbocycles. The highest BCUT2D eigenvalue weighted by Crippen LogP contribution is 2.20. The maximum Gasteiger partial charge on any atom is 0.261 e. The molecular formula is C17H24N2O3. The van der Waals surface area contributed by atoms with Gasteiger partial charge in [-0.2, -0.15) is 0 Å². The number of H-pyrrole nitrogens is 1. The minimum absolute atomic E-state index is 0.103. The molecule has 1 amide bonds. The molecule has 22 heavy (non-hydrogen) atoms. The SMILES string of the molecule is CCCOC1CCCN(C(=O)c2cc3c([nH]c2=O)CCC3)C1. The normalized spacial score (nSPS) is 21.0. The van der Waals surface area contributed by atoms with E-state index < -0.39 is 0 Å². The number of amides is 1. The van der Waals surface area contributed by atoms with Gasteiger partial charge in [0.2, 0.25) is 0 Å². The van der Waals surface area contributed by atoms with Crippen LogP contribution in [0.4, 0.5) is 0 Å². The zero-order valence-electron chi connectivity index (χ0n) is 13.2. The van der Waals surface area contributed by atoms with Gasteiger partial charge in [0, 0.05) is 25.4 Å². The first-order chi connectivity index (χ1) is 10.7. The van der Waals surface area contributed by atoms with Crippen molar-refractivity contribution in [1.29, 1.82) is 0 Å². The highest BCUT2D eigenvalue weighted by atomic mass is 16.5. The van der Waals surface area contributed by atoms with Gasteiger partial charge in [-0.1, -0.05) is 6.92 Å². The lowest BCUT2D eigenvalue weighted by Crippen LogP contribution is -2.44. The molecule has 1 fully saturated rings. The van der Waals surface area contributed by atoms with Gasteiger partial charge in [0.05, 0.1) is 6.10 Å². The van der Waals surface area contributed by atoms with Crippen LogP contribution in [0.25, 0.3) is 0 Å². The molecule has 1 aromatic rings. The van der Waals surface area contributed by atoms with E-state index in [0.717, 1.165) is 56.4 Å². The monoisotopic (exact) mass is 304 g/mol. The number of hydrogen-bond acceptors (Lipinski definition) is 3. The molecule has 0 radical (unpaired) electrons. The standard InChI is InChI=1S/C17H24N2O3/c1-2-9-22-13-6-4-8-19(11-13)17(21)14-10-12-5-3-7-15(12)18-16(14)20/h10,13H,2-9,11H2,1H3,(H,18,20). The molecule has 1 atom stereocenters.